The number of imidazole rings is 1. The van der Waals surface area contributed by atoms with E-state index >= 15 is 0 Å². The summed E-state index contributed by atoms with van der Waals surface area (Å²) in [5, 5.41) is 0. The first-order chi connectivity index (χ1) is 9.60. The fraction of sp³-hybridized carbons (Fsp3) is 0.133. The minimum absolute atomic E-state index is 0.471. The minimum Gasteiger partial charge on any atom is -0.497 e. The van der Waals surface area contributed by atoms with Crippen molar-refractivity contribution < 1.29 is 4.74 Å². The normalized spacial score (nSPS) is 10.9. The number of methoxy groups -OCH3 is 1. The molecule has 20 heavy (non-hydrogen) atoms. The lowest BCUT2D eigenvalue weighted by Crippen LogP contribution is -2.02. The molecule has 0 aliphatic heterocycles. The van der Waals surface area contributed by atoms with E-state index in [9.17, 15) is 0 Å². The Morgan fingerprint density at radius 1 is 1.20 bits per heavy atom. The average molecular weight is 332 g/mol. The van der Waals surface area contributed by atoms with Gasteiger partial charge in [-0.3, -0.25) is 4.57 Å². The molecule has 102 valence electrons. The maximum Gasteiger partial charge on any atom is 0.205 e. The van der Waals surface area contributed by atoms with Gasteiger partial charge in [-0.25, -0.2) is 4.98 Å². The molecule has 0 radical (unpaired) electrons. The molecule has 0 saturated carbocycles. The molecule has 4 nitrogen and oxygen atoms in total. The number of aromatic nitrogens is 2. The highest BCUT2D eigenvalue weighted by molar-refractivity contribution is 9.10. The van der Waals surface area contributed by atoms with Gasteiger partial charge in [0.1, 0.15) is 5.75 Å². The Morgan fingerprint density at radius 3 is 2.70 bits per heavy atom. The first kappa shape index (κ1) is 13.0. The molecule has 3 aromatic rings. The van der Waals surface area contributed by atoms with Crippen LogP contribution < -0.4 is 10.5 Å². The molecular weight excluding hydrogens is 318 g/mol. The minimum atomic E-state index is 0.471. The van der Waals surface area contributed by atoms with Crippen molar-refractivity contribution in [3.8, 4) is 11.4 Å². The number of rotatable bonds is 2. The molecule has 0 spiro atoms. The molecule has 0 amide bonds. The third-order valence-corrected chi connectivity index (χ3v) is 3.78. The van der Waals surface area contributed by atoms with Crippen LogP contribution in [0.15, 0.2) is 40.9 Å². The lowest BCUT2D eigenvalue weighted by Gasteiger charge is -2.11. The van der Waals surface area contributed by atoms with Gasteiger partial charge in [0, 0.05) is 10.5 Å². The lowest BCUT2D eigenvalue weighted by atomic mass is 10.2. The Labute approximate surface area is 125 Å². The van der Waals surface area contributed by atoms with Crippen molar-refractivity contribution in [3.05, 3.63) is 46.4 Å². The number of aryl methyl sites for hydroxylation is 1. The average Bonchev–Trinajstić information content (AvgIpc) is 2.74. The van der Waals surface area contributed by atoms with Gasteiger partial charge in [-0.1, -0.05) is 15.9 Å². The summed E-state index contributed by atoms with van der Waals surface area (Å²) in [6.45, 7) is 2.05. The quantitative estimate of drug-likeness (QED) is 0.779. The molecule has 0 saturated heterocycles. The Kier molecular flexibility index (Phi) is 3.14. The van der Waals surface area contributed by atoms with E-state index in [2.05, 4.69) is 27.0 Å². The molecule has 0 atom stereocenters. The zero-order chi connectivity index (χ0) is 14.3. The Bertz CT molecular complexity index is 795. The van der Waals surface area contributed by atoms with Gasteiger partial charge in [-0.2, -0.15) is 0 Å². The van der Waals surface area contributed by atoms with Crippen molar-refractivity contribution in [1.82, 2.24) is 9.55 Å². The van der Waals surface area contributed by atoms with E-state index in [1.165, 1.54) is 0 Å². The van der Waals surface area contributed by atoms with Crippen LogP contribution >= 0.6 is 15.9 Å². The van der Waals surface area contributed by atoms with E-state index in [0.717, 1.165) is 32.5 Å². The Balaban J connectivity index is 2.31. The van der Waals surface area contributed by atoms with E-state index in [0.29, 0.717) is 5.95 Å². The van der Waals surface area contributed by atoms with E-state index in [-0.39, 0.29) is 0 Å². The van der Waals surface area contributed by atoms with Gasteiger partial charge < -0.3 is 10.5 Å². The van der Waals surface area contributed by atoms with Gasteiger partial charge in [-0.15, -0.1) is 0 Å². The summed E-state index contributed by atoms with van der Waals surface area (Å²) in [7, 11) is 1.65. The van der Waals surface area contributed by atoms with Crippen molar-refractivity contribution in [2.45, 2.75) is 6.92 Å². The summed E-state index contributed by atoms with van der Waals surface area (Å²) < 4.78 is 8.27. The predicted octanol–water partition coefficient (Wildman–Crippen LogP) is 3.69. The predicted molar refractivity (Wildman–Crippen MR) is 84.5 cm³/mol. The highest BCUT2D eigenvalue weighted by atomic mass is 79.9. The van der Waals surface area contributed by atoms with Crippen molar-refractivity contribution >= 4 is 32.9 Å². The van der Waals surface area contributed by atoms with Gasteiger partial charge in [0.05, 0.1) is 23.8 Å². The van der Waals surface area contributed by atoms with Crippen LogP contribution in [-0.2, 0) is 0 Å². The van der Waals surface area contributed by atoms with Gasteiger partial charge in [0.25, 0.3) is 0 Å². The third-order valence-electron chi connectivity index (χ3n) is 3.29. The summed E-state index contributed by atoms with van der Waals surface area (Å²) in [6, 6.07) is 11.8. The summed E-state index contributed by atoms with van der Waals surface area (Å²) in [4.78, 5) is 4.40. The van der Waals surface area contributed by atoms with Crippen LogP contribution in [-0.4, -0.2) is 16.7 Å². The van der Waals surface area contributed by atoms with Crippen LogP contribution in [0.4, 0.5) is 5.95 Å². The van der Waals surface area contributed by atoms with Gasteiger partial charge in [0.2, 0.25) is 5.95 Å². The molecule has 1 heterocycles. The number of nitrogens with two attached hydrogens (primary N) is 1. The lowest BCUT2D eigenvalue weighted by molar-refractivity contribution is 0.415. The highest BCUT2D eigenvalue weighted by Gasteiger charge is 2.12. The van der Waals surface area contributed by atoms with Crippen LogP contribution in [0, 0.1) is 6.92 Å². The van der Waals surface area contributed by atoms with E-state index < -0.39 is 0 Å². The van der Waals surface area contributed by atoms with Crippen LogP contribution in [0.5, 0.6) is 5.75 Å². The smallest absolute Gasteiger partial charge is 0.205 e. The van der Waals surface area contributed by atoms with Crippen LogP contribution in [0.2, 0.25) is 0 Å². The van der Waals surface area contributed by atoms with Gasteiger partial charge >= 0.3 is 0 Å². The molecular formula is C15H14BrN3O. The topological polar surface area (TPSA) is 53.1 Å². The molecule has 2 N–H and O–H groups in total. The summed E-state index contributed by atoms with van der Waals surface area (Å²) in [5.41, 5.74) is 10.0. The molecule has 0 aliphatic rings. The Hall–Kier alpha value is -2.01. The number of hydrogen-bond donors (Lipinski definition) is 1. The summed E-state index contributed by atoms with van der Waals surface area (Å²) in [6.07, 6.45) is 0. The number of ether oxygens (including phenoxy) is 1. The Morgan fingerprint density at radius 2 is 2.00 bits per heavy atom. The van der Waals surface area contributed by atoms with E-state index in [1.807, 2.05) is 41.8 Å². The SMILES string of the molecule is COc1ccc2nc(N)n(-c3ccc(Br)cc3C)c2c1. The second kappa shape index (κ2) is 4.83. The van der Waals surface area contributed by atoms with Crippen LogP contribution in [0.1, 0.15) is 5.56 Å². The maximum absolute atomic E-state index is 6.08. The van der Waals surface area contributed by atoms with E-state index in [1.54, 1.807) is 7.11 Å². The monoisotopic (exact) mass is 331 g/mol. The first-order valence-corrected chi connectivity index (χ1v) is 6.98. The number of fused-ring (bicyclic) bond motifs is 1. The number of anilines is 1. The highest BCUT2D eigenvalue weighted by Crippen LogP contribution is 2.29. The number of benzene rings is 2. The molecule has 0 unspecified atom stereocenters. The van der Waals surface area contributed by atoms with Crippen molar-refractivity contribution in [3.63, 3.8) is 0 Å². The largest absolute Gasteiger partial charge is 0.497 e. The molecule has 2 aromatic carbocycles. The fourth-order valence-corrected chi connectivity index (χ4v) is 2.80. The number of halogens is 1. The molecule has 0 fully saturated rings. The summed E-state index contributed by atoms with van der Waals surface area (Å²) >= 11 is 3.47. The van der Waals surface area contributed by atoms with Crippen LogP contribution in [0.25, 0.3) is 16.7 Å². The zero-order valence-corrected chi connectivity index (χ0v) is 12.8. The molecule has 0 aliphatic carbocycles. The van der Waals surface area contributed by atoms with Gasteiger partial charge in [-0.05, 0) is 42.8 Å². The van der Waals surface area contributed by atoms with Crippen molar-refractivity contribution in [1.29, 1.82) is 0 Å². The number of hydrogen-bond acceptors (Lipinski definition) is 3. The second-order valence-electron chi connectivity index (χ2n) is 4.59. The van der Waals surface area contributed by atoms with Crippen LogP contribution in [0.3, 0.4) is 0 Å². The fourth-order valence-electron chi connectivity index (χ4n) is 2.32. The zero-order valence-electron chi connectivity index (χ0n) is 11.2. The van der Waals surface area contributed by atoms with Crippen molar-refractivity contribution in [2.24, 2.45) is 0 Å². The first-order valence-electron chi connectivity index (χ1n) is 6.18. The van der Waals surface area contributed by atoms with E-state index in [4.69, 9.17) is 10.5 Å². The van der Waals surface area contributed by atoms with Gasteiger partial charge in [0.15, 0.2) is 0 Å². The second-order valence-corrected chi connectivity index (χ2v) is 5.51. The number of nitrogens with zero attached hydrogens (tertiary/aromatic N) is 2. The van der Waals surface area contributed by atoms with Crippen molar-refractivity contribution in [2.75, 3.05) is 12.8 Å². The molecule has 0 bridgehead atoms. The maximum atomic E-state index is 6.08. The molecule has 5 heteroatoms. The standard InChI is InChI=1S/C15H14BrN3O/c1-9-7-10(16)3-6-13(9)19-14-8-11(20-2)4-5-12(14)18-15(19)17/h3-8H,1-2H3,(H2,17,18). The third kappa shape index (κ3) is 2.04. The summed E-state index contributed by atoms with van der Waals surface area (Å²) in [5.74, 6) is 1.26. The molecule has 1 aromatic heterocycles. The molecule has 3 rings (SSSR count). The number of nitrogen functional groups attached to an aromatic ring is 1.